The van der Waals surface area contributed by atoms with E-state index in [4.69, 9.17) is 27.6 Å². The van der Waals surface area contributed by atoms with Crippen molar-refractivity contribution in [1.82, 2.24) is 15.0 Å². The molecule has 5 nitrogen and oxygen atoms in total. The molecule has 0 atom stereocenters. The second-order valence-electron chi connectivity index (χ2n) is 3.95. The number of carbonyl (C=O) groups excluding carboxylic acids is 1. The summed E-state index contributed by atoms with van der Waals surface area (Å²) in [5.74, 6) is -0.118. The van der Waals surface area contributed by atoms with Gasteiger partial charge in [-0.25, -0.2) is 4.68 Å². The minimum absolute atomic E-state index is 0.186. The summed E-state index contributed by atoms with van der Waals surface area (Å²) in [6.07, 6.45) is 2.93. The van der Waals surface area contributed by atoms with E-state index in [1.807, 2.05) is 0 Å². The first-order chi connectivity index (χ1) is 9.65. The molecule has 7 heteroatoms. The van der Waals surface area contributed by atoms with E-state index < -0.39 is 0 Å². The van der Waals surface area contributed by atoms with Crippen LogP contribution in [0.5, 0.6) is 0 Å². The number of hydrogen-bond acceptors (Lipinski definition) is 4. The third-order valence-corrected chi connectivity index (χ3v) is 3.38. The highest BCUT2D eigenvalue weighted by atomic mass is 35.5. The number of furan rings is 1. The molecule has 1 aromatic carbocycles. The largest absolute Gasteiger partial charge is 0.461 e. The van der Waals surface area contributed by atoms with E-state index >= 15 is 0 Å². The normalized spacial score (nSPS) is 10.7. The van der Waals surface area contributed by atoms with Gasteiger partial charge in [-0.15, -0.1) is 5.10 Å². The maximum atomic E-state index is 12.0. The van der Waals surface area contributed by atoms with Crippen LogP contribution in [0, 0.1) is 0 Å². The van der Waals surface area contributed by atoms with Crippen LogP contribution < -0.4 is 0 Å². The van der Waals surface area contributed by atoms with Gasteiger partial charge in [0.15, 0.2) is 11.5 Å². The molecule has 0 saturated heterocycles. The number of hydrogen-bond donors (Lipinski definition) is 0. The monoisotopic (exact) mass is 307 g/mol. The molecule has 20 heavy (non-hydrogen) atoms. The van der Waals surface area contributed by atoms with Gasteiger partial charge in [0.1, 0.15) is 0 Å². The lowest BCUT2D eigenvalue weighted by atomic mass is 10.2. The van der Waals surface area contributed by atoms with Crippen molar-refractivity contribution in [2.24, 2.45) is 0 Å². The van der Waals surface area contributed by atoms with Crippen LogP contribution in [0.3, 0.4) is 0 Å². The van der Waals surface area contributed by atoms with E-state index in [1.54, 1.807) is 30.3 Å². The van der Waals surface area contributed by atoms with Gasteiger partial charge in [0.25, 0.3) is 0 Å². The first-order valence-electron chi connectivity index (χ1n) is 5.61. The van der Waals surface area contributed by atoms with E-state index in [9.17, 15) is 4.79 Å². The molecule has 0 amide bonds. The first-order valence-corrected chi connectivity index (χ1v) is 6.37. The molecular formula is C13H7Cl2N3O2. The third-order valence-electron chi connectivity index (χ3n) is 2.64. The molecule has 0 spiro atoms. The van der Waals surface area contributed by atoms with Crippen molar-refractivity contribution in [3.8, 4) is 5.69 Å². The molecule has 0 aliphatic heterocycles. The summed E-state index contributed by atoms with van der Waals surface area (Å²) in [5, 5.41) is 8.57. The van der Waals surface area contributed by atoms with Crippen LogP contribution in [-0.4, -0.2) is 20.8 Å². The number of carbonyl (C=O) groups is 1. The molecule has 0 fully saturated rings. The molecule has 0 unspecified atom stereocenters. The summed E-state index contributed by atoms with van der Waals surface area (Å²) >= 11 is 11.8. The molecule has 0 bridgehead atoms. The second kappa shape index (κ2) is 5.11. The van der Waals surface area contributed by atoms with Crippen LogP contribution in [-0.2, 0) is 0 Å². The summed E-state index contributed by atoms with van der Waals surface area (Å²) in [4.78, 5) is 12.0. The van der Waals surface area contributed by atoms with Crippen LogP contribution in [0.15, 0.2) is 47.2 Å². The Morgan fingerprint density at radius 1 is 1.20 bits per heavy atom. The van der Waals surface area contributed by atoms with E-state index in [1.165, 1.54) is 17.1 Å². The lowest BCUT2D eigenvalue weighted by Gasteiger charge is -2.01. The van der Waals surface area contributed by atoms with Crippen molar-refractivity contribution in [2.45, 2.75) is 0 Å². The van der Waals surface area contributed by atoms with E-state index in [0.717, 1.165) is 0 Å². The van der Waals surface area contributed by atoms with Crippen molar-refractivity contribution >= 4 is 29.0 Å². The quantitative estimate of drug-likeness (QED) is 0.696. The van der Waals surface area contributed by atoms with Crippen LogP contribution in [0.2, 0.25) is 10.0 Å². The Morgan fingerprint density at radius 2 is 2.05 bits per heavy atom. The zero-order valence-electron chi connectivity index (χ0n) is 9.96. The number of aromatic nitrogens is 3. The van der Waals surface area contributed by atoms with E-state index in [0.29, 0.717) is 15.7 Å². The van der Waals surface area contributed by atoms with Gasteiger partial charge in [0.05, 0.1) is 28.2 Å². The number of nitrogens with zero attached hydrogens (tertiary/aromatic N) is 3. The number of rotatable bonds is 3. The summed E-state index contributed by atoms with van der Waals surface area (Å²) in [6, 6.07) is 8.22. The van der Waals surface area contributed by atoms with Crippen molar-refractivity contribution in [3.05, 3.63) is 64.3 Å². The van der Waals surface area contributed by atoms with Gasteiger partial charge in [-0.05, 0) is 30.3 Å². The maximum absolute atomic E-state index is 12.0. The van der Waals surface area contributed by atoms with Crippen LogP contribution in [0.1, 0.15) is 16.2 Å². The van der Waals surface area contributed by atoms with Crippen LogP contribution in [0.4, 0.5) is 0 Å². The predicted octanol–water partition coefficient (Wildman–Crippen LogP) is 3.40. The average molecular weight is 308 g/mol. The first kappa shape index (κ1) is 12.9. The molecule has 0 aliphatic rings. The fraction of sp³-hybridized carbons (Fsp3) is 0. The van der Waals surface area contributed by atoms with E-state index in [-0.39, 0.29) is 17.2 Å². The van der Waals surface area contributed by atoms with Crippen LogP contribution in [0.25, 0.3) is 5.69 Å². The molecule has 0 aliphatic carbocycles. The van der Waals surface area contributed by atoms with Gasteiger partial charge in [0.2, 0.25) is 5.78 Å². The summed E-state index contributed by atoms with van der Waals surface area (Å²) in [5.41, 5.74) is 0.844. The zero-order chi connectivity index (χ0) is 14.1. The average Bonchev–Trinajstić information content (AvgIpc) is 3.11. The van der Waals surface area contributed by atoms with Crippen molar-refractivity contribution < 1.29 is 9.21 Å². The van der Waals surface area contributed by atoms with Gasteiger partial charge in [0, 0.05) is 0 Å². The molecule has 2 heterocycles. The van der Waals surface area contributed by atoms with Gasteiger partial charge in [-0.3, -0.25) is 4.79 Å². The molecule has 3 rings (SSSR count). The Labute approximate surface area is 123 Å². The standard InChI is InChI=1S/C13H7Cl2N3O2/c14-9-4-3-8(6-10(9)15)18-7-11(16-17-18)13(19)12-2-1-5-20-12/h1-7H. The minimum atomic E-state index is -0.332. The topological polar surface area (TPSA) is 60.9 Å². The lowest BCUT2D eigenvalue weighted by Crippen LogP contribution is -1.99. The third kappa shape index (κ3) is 2.33. The van der Waals surface area contributed by atoms with E-state index in [2.05, 4.69) is 10.3 Å². The maximum Gasteiger partial charge on any atom is 0.250 e. The summed E-state index contributed by atoms with van der Waals surface area (Å²) in [6.45, 7) is 0. The highest BCUT2D eigenvalue weighted by Crippen LogP contribution is 2.24. The molecule has 0 saturated carbocycles. The Kier molecular flexibility index (Phi) is 3.30. The van der Waals surface area contributed by atoms with Gasteiger partial charge < -0.3 is 4.42 Å². The SMILES string of the molecule is O=C(c1cn(-c2ccc(Cl)c(Cl)c2)nn1)c1ccco1. The number of benzene rings is 1. The number of ketones is 1. The second-order valence-corrected chi connectivity index (χ2v) is 4.77. The smallest absolute Gasteiger partial charge is 0.250 e. The molecular weight excluding hydrogens is 301 g/mol. The fourth-order valence-corrected chi connectivity index (χ4v) is 1.95. The molecule has 0 radical (unpaired) electrons. The highest BCUT2D eigenvalue weighted by molar-refractivity contribution is 6.42. The summed E-state index contributed by atoms with van der Waals surface area (Å²) < 4.78 is 6.48. The zero-order valence-corrected chi connectivity index (χ0v) is 11.5. The Balaban J connectivity index is 1.94. The van der Waals surface area contributed by atoms with Gasteiger partial charge >= 0.3 is 0 Å². The highest BCUT2D eigenvalue weighted by Gasteiger charge is 2.16. The number of halogens is 2. The van der Waals surface area contributed by atoms with Crippen molar-refractivity contribution in [1.29, 1.82) is 0 Å². The lowest BCUT2D eigenvalue weighted by molar-refractivity contribution is 0.100. The molecule has 2 aromatic heterocycles. The Bertz CT molecular complexity index is 766. The van der Waals surface area contributed by atoms with Crippen LogP contribution >= 0.6 is 23.2 Å². The summed E-state index contributed by atoms with van der Waals surface area (Å²) in [7, 11) is 0. The van der Waals surface area contributed by atoms with Crippen molar-refractivity contribution in [2.75, 3.05) is 0 Å². The minimum Gasteiger partial charge on any atom is -0.461 e. The van der Waals surface area contributed by atoms with Gasteiger partial charge in [-0.2, -0.15) is 0 Å². The Hall–Kier alpha value is -2.11. The fourth-order valence-electron chi connectivity index (χ4n) is 1.66. The molecule has 3 aromatic rings. The predicted molar refractivity (Wildman–Crippen MR) is 73.5 cm³/mol. The van der Waals surface area contributed by atoms with Gasteiger partial charge in [-0.1, -0.05) is 28.4 Å². The molecule has 100 valence electrons. The Morgan fingerprint density at radius 3 is 2.75 bits per heavy atom. The molecule has 0 N–H and O–H groups in total. The van der Waals surface area contributed by atoms with Crippen molar-refractivity contribution in [3.63, 3.8) is 0 Å².